The molecule has 0 radical (unpaired) electrons. The van der Waals surface area contributed by atoms with Crippen molar-refractivity contribution >= 4 is 5.91 Å². The number of piperidine rings is 1. The summed E-state index contributed by atoms with van der Waals surface area (Å²) in [5.74, 6) is 1.10. The van der Waals surface area contributed by atoms with Crippen molar-refractivity contribution in [2.75, 3.05) is 13.1 Å². The minimum Gasteiger partial charge on any atom is -0.361 e. The lowest BCUT2D eigenvalue weighted by Gasteiger charge is -2.32. The lowest BCUT2D eigenvalue weighted by molar-refractivity contribution is 0.0662. The second-order valence-electron chi connectivity index (χ2n) is 5.61. The predicted molar refractivity (Wildman–Crippen MR) is 77.8 cm³/mol. The number of likely N-dealkylation sites (tertiary alicyclic amines) is 1. The molecule has 1 aliphatic heterocycles. The Hall–Kier alpha value is -2.17. The molecule has 110 valence electrons. The van der Waals surface area contributed by atoms with Crippen molar-refractivity contribution < 1.29 is 9.32 Å². The highest BCUT2D eigenvalue weighted by molar-refractivity contribution is 5.92. The summed E-state index contributed by atoms with van der Waals surface area (Å²) in [6.45, 7) is 3.36. The first-order chi connectivity index (χ1) is 10.2. The molecule has 0 aromatic carbocycles. The molecule has 1 fully saturated rings. The first-order valence-corrected chi connectivity index (χ1v) is 7.35. The molecule has 0 unspecified atom stereocenters. The van der Waals surface area contributed by atoms with Crippen molar-refractivity contribution in [3.63, 3.8) is 0 Å². The molecule has 21 heavy (non-hydrogen) atoms. The van der Waals surface area contributed by atoms with E-state index < -0.39 is 0 Å². The summed E-state index contributed by atoms with van der Waals surface area (Å²) < 4.78 is 4.99. The van der Waals surface area contributed by atoms with Gasteiger partial charge in [0, 0.05) is 31.0 Å². The van der Waals surface area contributed by atoms with E-state index in [2.05, 4.69) is 10.1 Å². The second-order valence-corrected chi connectivity index (χ2v) is 5.61. The van der Waals surface area contributed by atoms with E-state index in [0.717, 1.165) is 38.0 Å². The maximum absolute atomic E-state index is 12.4. The van der Waals surface area contributed by atoms with Crippen molar-refractivity contribution in [2.45, 2.75) is 26.2 Å². The number of amides is 1. The molecule has 0 N–H and O–H groups in total. The standard InChI is InChI=1S/C16H19N3O2/c1-12-9-15(18-21-12)16(20)19-8-4-5-13(11-19)10-14-6-2-3-7-17-14/h2-3,6-7,9,13H,4-5,8,10-11H2,1H3/t13-/m0/s1. The van der Waals surface area contributed by atoms with Gasteiger partial charge in [-0.05, 0) is 44.2 Å². The average molecular weight is 285 g/mol. The van der Waals surface area contributed by atoms with Crippen LogP contribution in [0.15, 0.2) is 35.0 Å². The van der Waals surface area contributed by atoms with E-state index in [1.54, 1.807) is 13.0 Å². The minimum absolute atomic E-state index is 0.0300. The molecule has 0 saturated carbocycles. The van der Waals surface area contributed by atoms with Crippen LogP contribution in [-0.4, -0.2) is 34.0 Å². The Morgan fingerprint density at radius 2 is 2.38 bits per heavy atom. The summed E-state index contributed by atoms with van der Waals surface area (Å²) in [7, 11) is 0. The summed E-state index contributed by atoms with van der Waals surface area (Å²) in [6.07, 6.45) is 4.90. The van der Waals surface area contributed by atoms with Gasteiger partial charge in [0.25, 0.3) is 5.91 Å². The molecule has 5 nitrogen and oxygen atoms in total. The van der Waals surface area contributed by atoms with Gasteiger partial charge < -0.3 is 9.42 Å². The summed E-state index contributed by atoms with van der Waals surface area (Å²) in [5, 5.41) is 3.82. The molecule has 2 aromatic heterocycles. The zero-order chi connectivity index (χ0) is 14.7. The van der Waals surface area contributed by atoms with E-state index >= 15 is 0 Å². The van der Waals surface area contributed by atoms with Crippen LogP contribution in [0.3, 0.4) is 0 Å². The number of carbonyl (C=O) groups excluding carboxylic acids is 1. The first kappa shape index (κ1) is 13.8. The van der Waals surface area contributed by atoms with Crippen LogP contribution in [0.2, 0.25) is 0 Å². The second kappa shape index (κ2) is 6.08. The lowest BCUT2D eigenvalue weighted by atomic mass is 9.93. The number of hydrogen-bond acceptors (Lipinski definition) is 4. The average Bonchev–Trinajstić information content (AvgIpc) is 2.94. The zero-order valence-electron chi connectivity index (χ0n) is 12.2. The topological polar surface area (TPSA) is 59.2 Å². The van der Waals surface area contributed by atoms with Crippen molar-refractivity contribution in [2.24, 2.45) is 5.92 Å². The quantitative estimate of drug-likeness (QED) is 0.869. The molecule has 3 heterocycles. The van der Waals surface area contributed by atoms with E-state index in [0.29, 0.717) is 17.4 Å². The predicted octanol–water partition coefficient (Wildman–Crippen LogP) is 2.47. The molecule has 1 aliphatic rings. The summed E-state index contributed by atoms with van der Waals surface area (Å²) in [5.41, 5.74) is 1.50. The van der Waals surface area contributed by atoms with E-state index in [1.807, 2.05) is 29.3 Å². The molecule has 0 spiro atoms. The Balaban J connectivity index is 1.64. The van der Waals surface area contributed by atoms with Crippen LogP contribution in [0, 0.1) is 12.8 Å². The van der Waals surface area contributed by atoms with Crippen LogP contribution in [0.25, 0.3) is 0 Å². The largest absolute Gasteiger partial charge is 0.361 e. The summed E-state index contributed by atoms with van der Waals surface area (Å²) >= 11 is 0. The van der Waals surface area contributed by atoms with E-state index in [-0.39, 0.29) is 5.91 Å². The van der Waals surface area contributed by atoms with E-state index in [9.17, 15) is 4.79 Å². The number of carbonyl (C=O) groups is 1. The molecular weight excluding hydrogens is 266 g/mol. The van der Waals surface area contributed by atoms with Gasteiger partial charge in [-0.3, -0.25) is 9.78 Å². The van der Waals surface area contributed by atoms with Gasteiger partial charge in [-0.1, -0.05) is 11.2 Å². The van der Waals surface area contributed by atoms with Crippen molar-refractivity contribution in [3.05, 3.63) is 47.6 Å². The molecule has 2 aromatic rings. The number of aromatic nitrogens is 2. The fourth-order valence-corrected chi connectivity index (χ4v) is 2.86. The van der Waals surface area contributed by atoms with Gasteiger partial charge in [0.05, 0.1) is 0 Å². The Morgan fingerprint density at radius 1 is 1.48 bits per heavy atom. The van der Waals surface area contributed by atoms with Crippen LogP contribution in [0.5, 0.6) is 0 Å². The molecule has 0 aliphatic carbocycles. The first-order valence-electron chi connectivity index (χ1n) is 7.35. The van der Waals surface area contributed by atoms with E-state index in [1.165, 1.54) is 0 Å². The number of aryl methyl sites for hydroxylation is 1. The molecule has 1 saturated heterocycles. The molecule has 3 rings (SSSR count). The number of hydrogen-bond donors (Lipinski definition) is 0. The summed E-state index contributed by atoms with van der Waals surface area (Å²) in [4.78, 5) is 18.7. The Bertz CT molecular complexity index is 609. The van der Waals surface area contributed by atoms with Gasteiger partial charge in [0.2, 0.25) is 0 Å². The molecule has 5 heteroatoms. The maximum Gasteiger partial charge on any atom is 0.276 e. The summed E-state index contributed by atoms with van der Waals surface area (Å²) in [6, 6.07) is 7.67. The fraction of sp³-hybridized carbons (Fsp3) is 0.438. The Morgan fingerprint density at radius 3 is 3.10 bits per heavy atom. The highest BCUT2D eigenvalue weighted by Gasteiger charge is 2.26. The lowest BCUT2D eigenvalue weighted by Crippen LogP contribution is -2.40. The number of nitrogens with zero attached hydrogens (tertiary/aromatic N) is 3. The highest BCUT2D eigenvalue weighted by Crippen LogP contribution is 2.21. The third-order valence-corrected chi connectivity index (χ3v) is 3.88. The Labute approximate surface area is 124 Å². The molecular formula is C16H19N3O2. The van der Waals surface area contributed by atoms with Gasteiger partial charge in [0.15, 0.2) is 5.69 Å². The normalized spacial score (nSPS) is 18.7. The van der Waals surface area contributed by atoms with Crippen molar-refractivity contribution in [1.82, 2.24) is 15.0 Å². The van der Waals surface area contributed by atoms with Crippen molar-refractivity contribution in [3.8, 4) is 0 Å². The third-order valence-electron chi connectivity index (χ3n) is 3.88. The monoisotopic (exact) mass is 285 g/mol. The fourth-order valence-electron chi connectivity index (χ4n) is 2.86. The smallest absolute Gasteiger partial charge is 0.276 e. The van der Waals surface area contributed by atoms with Crippen LogP contribution >= 0.6 is 0 Å². The van der Waals surface area contributed by atoms with Gasteiger partial charge >= 0.3 is 0 Å². The SMILES string of the molecule is Cc1cc(C(=O)N2CCC[C@@H](Cc3ccccn3)C2)no1. The minimum atomic E-state index is -0.0300. The van der Waals surface area contributed by atoms with Crippen LogP contribution in [0.1, 0.15) is 34.8 Å². The maximum atomic E-state index is 12.4. The van der Waals surface area contributed by atoms with Gasteiger partial charge in [-0.25, -0.2) is 0 Å². The molecule has 1 atom stereocenters. The number of pyridine rings is 1. The molecule has 1 amide bonds. The van der Waals surface area contributed by atoms with Crippen molar-refractivity contribution in [1.29, 1.82) is 0 Å². The van der Waals surface area contributed by atoms with Crippen LogP contribution < -0.4 is 0 Å². The van der Waals surface area contributed by atoms with Crippen LogP contribution in [0.4, 0.5) is 0 Å². The third kappa shape index (κ3) is 3.29. The molecule has 0 bridgehead atoms. The Kier molecular flexibility index (Phi) is 3.99. The van der Waals surface area contributed by atoms with Crippen LogP contribution in [-0.2, 0) is 6.42 Å². The van der Waals surface area contributed by atoms with Gasteiger partial charge in [-0.2, -0.15) is 0 Å². The van der Waals surface area contributed by atoms with E-state index in [4.69, 9.17) is 4.52 Å². The van der Waals surface area contributed by atoms with Gasteiger partial charge in [-0.15, -0.1) is 0 Å². The highest BCUT2D eigenvalue weighted by atomic mass is 16.5. The van der Waals surface area contributed by atoms with Gasteiger partial charge in [0.1, 0.15) is 5.76 Å². The number of rotatable bonds is 3. The zero-order valence-corrected chi connectivity index (χ0v) is 12.2.